The van der Waals surface area contributed by atoms with E-state index in [0.29, 0.717) is 11.3 Å². The lowest BCUT2D eigenvalue weighted by atomic mass is 9.92. The largest absolute Gasteiger partial charge is 0.325 e. The van der Waals surface area contributed by atoms with Crippen molar-refractivity contribution in [3.63, 3.8) is 0 Å². The van der Waals surface area contributed by atoms with Crippen LogP contribution in [0, 0.1) is 5.82 Å². The Bertz CT molecular complexity index is 848. The van der Waals surface area contributed by atoms with Crippen molar-refractivity contribution < 1.29 is 18.8 Å². The second-order valence-corrected chi connectivity index (χ2v) is 5.90. The van der Waals surface area contributed by atoms with Crippen molar-refractivity contribution >= 4 is 23.5 Å². The Kier molecular flexibility index (Phi) is 3.99. The predicted octanol–water partition coefficient (Wildman–Crippen LogP) is 0.965. The summed E-state index contributed by atoms with van der Waals surface area (Å²) in [5, 5.41) is 9.03. The monoisotopic (exact) mass is 345 g/mol. The Morgan fingerprint density at radius 2 is 2.00 bits per heavy atom. The van der Waals surface area contributed by atoms with Crippen molar-refractivity contribution in [2.45, 2.75) is 12.5 Å². The fourth-order valence-electron chi connectivity index (χ4n) is 2.65. The molecule has 1 atom stereocenters. The van der Waals surface area contributed by atoms with E-state index in [1.54, 1.807) is 13.2 Å². The lowest BCUT2D eigenvalue weighted by Gasteiger charge is -2.22. The Labute approximate surface area is 142 Å². The molecule has 0 bridgehead atoms. The maximum Gasteiger partial charge on any atom is 0.325 e. The Morgan fingerprint density at radius 3 is 2.60 bits per heavy atom. The highest BCUT2D eigenvalue weighted by Gasteiger charge is 2.49. The van der Waals surface area contributed by atoms with Crippen molar-refractivity contribution in [1.82, 2.24) is 20.0 Å². The Morgan fingerprint density at radius 1 is 1.32 bits per heavy atom. The highest BCUT2D eigenvalue weighted by molar-refractivity contribution is 6.10. The van der Waals surface area contributed by atoms with Gasteiger partial charge in [0.15, 0.2) is 0 Å². The lowest BCUT2D eigenvalue weighted by Crippen LogP contribution is -2.42. The van der Waals surface area contributed by atoms with Crippen LogP contribution in [0.3, 0.4) is 0 Å². The number of aromatic nitrogens is 2. The van der Waals surface area contributed by atoms with Gasteiger partial charge in [0, 0.05) is 13.2 Å². The molecule has 4 amide bonds. The van der Waals surface area contributed by atoms with Crippen molar-refractivity contribution in [2.24, 2.45) is 7.05 Å². The summed E-state index contributed by atoms with van der Waals surface area (Å²) in [7, 11) is 1.70. The van der Waals surface area contributed by atoms with E-state index in [2.05, 4.69) is 15.7 Å². The second-order valence-electron chi connectivity index (χ2n) is 5.90. The molecule has 2 N–H and O–H groups in total. The molecule has 9 heteroatoms. The number of imide groups is 1. The van der Waals surface area contributed by atoms with E-state index < -0.39 is 35.7 Å². The van der Waals surface area contributed by atoms with E-state index in [1.165, 1.54) is 42.1 Å². The number of aryl methyl sites for hydroxylation is 1. The van der Waals surface area contributed by atoms with E-state index in [4.69, 9.17) is 0 Å². The van der Waals surface area contributed by atoms with Crippen molar-refractivity contribution in [3.8, 4) is 0 Å². The average Bonchev–Trinajstić information content (AvgIpc) is 3.05. The van der Waals surface area contributed by atoms with Crippen molar-refractivity contribution in [2.75, 3.05) is 11.9 Å². The third-order valence-electron chi connectivity index (χ3n) is 3.99. The van der Waals surface area contributed by atoms with Crippen LogP contribution >= 0.6 is 0 Å². The number of nitrogens with zero attached hydrogens (tertiary/aromatic N) is 3. The number of amides is 4. The van der Waals surface area contributed by atoms with Crippen LogP contribution in [0.2, 0.25) is 0 Å². The van der Waals surface area contributed by atoms with Crippen LogP contribution < -0.4 is 10.6 Å². The fourth-order valence-corrected chi connectivity index (χ4v) is 2.65. The molecule has 130 valence electrons. The average molecular weight is 345 g/mol. The van der Waals surface area contributed by atoms with E-state index >= 15 is 0 Å². The van der Waals surface area contributed by atoms with Gasteiger partial charge in [-0.15, -0.1) is 0 Å². The van der Waals surface area contributed by atoms with E-state index in [-0.39, 0.29) is 0 Å². The van der Waals surface area contributed by atoms with Crippen LogP contribution in [-0.2, 0) is 22.2 Å². The topological polar surface area (TPSA) is 96.3 Å². The van der Waals surface area contributed by atoms with E-state index in [1.807, 2.05) is 0 Å². The van der Waals surface area contributed by atoms with Gasteiger partial charge in [-0.05, 0) is 24.6 Å². The number of halogens is 1. The molecule has 1 aromatic carbocycles. The summed E-state index contributed by atoms with van der Waals surface area (Å²) >= 11 is 0. The normalized spacial score (nSPS) is 19.9. The number of carbonyl (C=O) groups is 3. The summed E-state index contributed by atoms with van der Waals surface area (Å²) in [5.74, 6) is -1.55. The van der Waals surface area contributed by atoms with Crippen LogP contribution in [-0.4, -0.2) is 39.1 Å². The molecule has 1 aromatic heterocycles. The van der Waals surface area contributed by atoms with Crippen molar-refractivity contribution in [3.05, 3.63) is 48.0 Å². The van der Waals surface area contributed by atoms with Gasteiger partial charge in [0.25, 0.3) is 5.91 Å². The minimum atomic E-state index is -1.35. The fraction of sp³-hybridized carbons (Fsp3) is 0.250. The molecule has 1 aliphatic rings. The first-order valence-corrected chi connectivity index (χ1v) is 7.48. The van der Waals surface area contributed by atoms with Gasteiger partial charge in [-0.1, -0.05) is 12.1 Å². The zero-order valence-electron chi connectivity index (χ0n) is 13.6. The summed E-state index contributed by atoms with van der Waals surface area (Å²) in [4.78, 5) is 37.7. The standard InChI is InChI=1S/C16H16FN5O3/c1-16(10-3-5-11(17)6-4-10)14(24)22(15(25)20-16)9-13(23)19-12-7-18-21(2)8-12/h3-8H,9H2,1-2H3,(H,19,23)(H,20,25)/t16-/m0/s1. The molecular formula is C16H16FN5O3. The van der Waals surface area contributed by atoms with Gasteiger partial charge in [-0.2, -0.15) is 5.10 Å². The number of nitrogens with one attached hydrogen (secondary N) is 2. The molecule has 0 spiro atoms. The first-order valence-electron chi connectivity index (χ1n) is 7.48. The summed E-state index contributed by atoms with van der Waals surface area (Å²) in [6.45, 7) is 1.08. The third kappa shape index (κ3) is 3.08. The number of anilines is 1. The van der Waals surface area contributed by atoms with Gasteiger partial charge in [-0.3, -0.25) is 19.2 Å². The summed E-state index contributed by atoms with van der Waals surface area (Å²) < 4.78 is 14.6. The van der Waals surface area contributed by atoms with Crippen LogP contribution in [0.4, 0.5) is 14.9 Å². The van der Waals surface area contributed by atoms with Crippen LogP contribution in [0.5, 0.6) is 0 Å². The zero-order chi connectivity index (χ0) is 18.2. The van der Waals surface area contributed by atoms with Gasteiger partial charge in [0.1, 0.15) is 17.9 Å². The smallest absolute Gasteiger partial charge is 0.322 e. The third-order valence-corrected chi connectivity index (χ3v) is 3.99. The molecule has 0 unspecified atom stereocenters. The molecule has 8 nitrogen and oxygen atoms in total. The van der Waals surface area contributed by atoms with Gasteiger partial charge in [0.05, 0.1) is 11.9 Å². The molecule has 2 aromatic rings. The van der Waals surface area contributed by atoms with Gasteiger partial charge in [0.2, 0.25) is 5.91 Å². The molecular weight excluding hydrogens is 329 g/mol. The maximum absolute atomic E-state index is 13.1. The van der Waals surface area contributed by atoms with Crippen LogP contribution in [0.1, 0.15) is 12.5 Å². The summed E-state index contributed by atoms with van der Waals surface area (Å²) in [5.41, 5.74) is -0.456. The maximum atomic E-state index is 13.1. The molecule has 1 saturated heterocycles. The summed E-state index contributed by atoms with van der Waals surface area (Å²) in [6, 6.07) is 4.58. The molecule has 0 radical (unpaired) electrons. The predicted molar refractivity (Wildman–Crippen MR) is 85.8 cm³/mol. The number of hydrogen-bond donors (Lipinski definition) is 2. The van der Waals surface area contributed by atoms with Crippen molar-refractivity contribution in [1.29, 1.82) is 0 Å². The van der Waals surface area contributed by atoms with Gasteiger partial charge < -0.3 is 10.6 Å². The van der Waals surface area contributed by atoms with Gasteiger partial charge in [-0.25, -0.2) is 9.18 Å². The first kappa shape index (κ1) is 16.6. The molecule has 25 heavy (non-hydrogen) atoms. The molecule has 0 aliphatic carbocycles. The Hall–Kier alpha value is -3.23. The number of benzene rings is 1. The second kappa shape index (κ2) is 6.00. The summed E-state index contributed by atoms with van der Waals surface area (Å²) in [6.07, 6.45) is 3.04. The van der Waals surface area contributed by atoms with Crippen LogP contribution in [0.15, 0.2) is 36.7 Å². The number of urea groups is 1. The highest BCUT2D eigenvalue weighted by Crippen LogP contribution is 2.28. The molecule has 3 rings (SSSR count). The molecule has 1 aliphatic heterocycles. The first-order chi connectivity index (χ1) is 11.8. The molecule has 0 saturated carbocycles. The highest BCUT2D eigenvalue weighted by atomic mass is 19.1. The van der Waals surface area contributed by atoms with Gasteiger partial charge >= 0.3 is 6.03 Å². The Balaban J connectivity index is 1.74. The molecule has 1 fully saturated rings. The SMILES string of the molecule is Cn1cc(NC(=O)CN2C(=O)N[C@@](C)(c3ccc(F)cc3)C2=O)cn1. The van der Waals surface area contributed by atoms with E-state index in [9.17, 15) is 18.8 Å². The zero-order valence-corrected chi connectivity index (χ0v) is 13.6. The minimum Gasteiger partial charge on any atom is -0.322 e. The quantitative estimate of drug-likeness (QED) is 0.807. The molecule has 2 heterocycles. The lowest BCUT2D eigenvalue weighted by molar-refractivity contribution is -0.133. The van der Waals surface area contributed by atoms with E-state index in [0.717, 1.165) is 4.90 Å². The minimum absolute atomic E-state index is 0.433. The van der Waals surface area contributed by atoms with Crippen LogP contribution in [0.25, 0.3) is 0 Å². The number of carbonyl (C=O) groups excluding carboxylic acids is 3. The number of rotatable bonds is 4. The number of hydrogen-bond acceptors (Lipinski definition) is 4.